The second kappa shape index (κ2) is 24.9. The summed E-state index contributed by atoms with van der Waals surface area (Å²) in [6.45, 7) is 1.55. The Bertz CT molecular complexity index is 835. The molecule has 0 atom stereocenters. The number of unbranched alkanes of at least 4 members (excludes halogenated alkanes) is 16. The standard InChI is InChI=1S/C34H52N2O2S2/c37-33(31-23-15-16-24-31)35-27-19-11-7-3-1-5-9-13-21-29-39-40-30-22-14-10-6-2-4-8-12-20-28-36-34(38)32-25-17-18-26-32/h15-18,23,25H,1-14,19-22,27-30H2,(H,35,37)(H,36,38). The highest BCUT2D eigenvalue weighted by Gasteiger charge is 2.07. The molecule has 0 aromatic rings. The van der Waals surface area contributed by atoms with E-state index in [2.05, 4.69) is 43.7 Å². The highest BCUT2D eigenvalue weighted by atomic mass is 33.1. The van der Waals surface area contributed by atoms with Crippen molar-refractivity contribution >= 4 is 33.4 Å². The monoisotopic (exact) mass is 584 g/mol. The molecule has 0 aliphatic heterocycles. The lowest BCUT2D eigenvalue weighted by molar-refractivity contribution is -0.117. The molecule has 0 bridgehead atoms. The Morgan fingerprint density at radius 2 is 0.825 bits per heavy atom. The Kier molecular flexibility index (Phi) is 21.4. The van der Waals surface area contributed by atoms with Crippen LogP contribution < -0.4 is 10.6 Å². The van der Waals surface area contributed by atoms with Gasteiger partial charge in [-0.1, -0.05) is 124 Å². The van der Waals surface area contributed by atoms with E-state index >= 15 is 0 Å². The van der Waals surface area contributed by atoms with Crippen molar-refractivity contribution in [2.75, 3.05) is 24.6 Å². The summed E-state index contributed by atoms with van der Waals surface area (Å²) in [4.78, 5) is 23.6. The molecular formula is C34H52N2O2S2. The van der Waals surface area contributed by atoms with Gasteiger partial charge in [0.05, 0.1) is 11.1 Å². The van der Waals surface area contributed by atoms with E-state index < -0.39 is 0 Å². The van der Waals surface area contributed by atoms with Crippen LogP contribution in [0, 0.1) is 0 Å². The number of nitrogens with one attached hydrogen (secondary N) is 2. The Balaban J connectivity index is 1.17. The van der Waals surface area contributed by atoms with Gasteiger partial charge in [0.2, 0.25) is 0 Å². The van der Waals surface area contributed by atoms with E-state index in [1.165, 1.54) is 114 Å². The summed E-state index contributed by atoms with van der Waals surface area (Å²) in [7, 11) is 4.15. The zero-order valence-corrected chi connectivity index (χ0v) is 26.3. The van der Waals surface area contributed by atoms with E-state index in [0.717, 1.165) is 25.9 Å². The summed E-state index contributed by atoms with van der Waals surface area (Å²) in [5, 5.41) is 5.94. The first kappa shape index (κ1) is 34.4. The lowest BCUT2D eigenvalue weighted by Crippen LogP contribution is -2.24. The fourth-order valence-corrected chi connectivity index (χ4v) is 7.00. The smallest absolute Gasteiger partial charge is 0.259 e. The molecule has 0 aromatic carbocycles. The predicted molar refractivity (Wildman–Crippen MR) is 176 cm³/mol. The quantitative estimate of drug-likeness (QED) is 0.0575. The van der Waals surface area contributed by atoms with Gasteiger partial charge in [-0.3, -0.25) is 9.59 Å². The van der Waals surface area contributed by atoms with Crippen LogP contribution in [0.15, 0.2) is 59.1 Å². The fraction of sp³-hybridized carbons (Fsp3) is 0.647. The van der Waals surface area contributed by atoms with Crippen molar-refractivity contribution in [1.82, 2.24) is 10.6 Å². The molecule has 2 N–H and O–H groups in total. The molecule has 0 unspecified atom stereocenters. The van der Waals surface area contributed by atoms with Gasteiger partial charge >= 0.3 is 0 Å². The maximum Gasteiger partial charge on any atom is 0.259 e. The van der Waals surface area contributed by atoms with Crippen molar-refractivity contribution in [3.63, 3.8) is 0 Å². The summed E-state index contributed by atoms with van der Waals surface area (Å²) in [5.41, 5.74) is 7.17. The topological polar surface area (TPSA) is 58.2 Å². The molecule has 6 heteroatoms. The van der Waals surface area contributed by atoms with Crippen molar-refractivity contribution in [3.8, 4) is 0 Å². The molecule has 2 amide bonds. The fourth-order valence-electron chi connectivity index (χ4n) is 4.70. The molecule has 0 saturated carbocycles. The first-order valence-corrected chi connectivity index (χ1v) is 18.3. The minimum Gasteiger partial charge on any atom is -0.352 e. The molecule has 40 heavy (non-hydrogen) atoms. The van der Waals surface area contributed by atoms with Crippen LogP contribution in [0.4, 0.5) is 0 Å². The second-order valence-electron chi connectivity index (χ2n) is 10.7. The van der Waals surface area contributed by atoms with Crippen molar-refractivity contribution in [3.05, 3.63) is 59.1 Å². The number of allylic oxidation sites excluding steroid dienone is 2. The molecule has 4 nitrogen and oxygen atoms in total. The number of amides is 2. The molecule has 2 aliphatic carbocycles. The van der Waals surface area contributed by atoms with Crippen LogP contribution in [0.5, 0.6) is 0 Å². The van der Waals surface area contributed by atoms with Crippen LogP contribution in [0.25, 0.3) is 0 Å². The highest BCUT2D eigenvalue weighted by Crippen LogP contribution is 2.25. The average molecular weight is 585 g/mol. The number of carbonyl (C=O) groups is 2. The van der Waals surface area contributed by atoms with Crippen LogP contribution in [0.2, 0.25) is 0 Å². The van der Waals surface area contributed by atoms with Gasteiger partial charge in [-0.25, -0.2) is 0 Å². The Morgan fingerprint density at radius 1 is 0.500 bits per heavy atom. The number of hydrogen-bond donors (Lipinski definition) is 2. The summed E-state index contributed by atoms with van der Waals surface area (Å²) in [6, 6.07) is 0. The Hall–Kier alpha value is -1.84. The molecule has 0 saturated heterocycles. The largest absolute Gasteiger partial charge is 0.352 e. The van der Waals surface area contributed by atoms with Crippen molar-refractivity contribution in [2.45, 2.75) is 116 Å². The zero-order valence-electron chi connectivity index (χ0n) is 24.7. The minimum atomic E-state index is 0.000581. The van der Waals surface area contributed by atoms with Crippen LogP contribution in [0.1, 0.15) is 116 Å². The SMILES string of the molecule is O=C(NCCCCCCCCCCCSSCCCCCCCCCCCNC(=O)C1=C=CC=C1)C1=C=CC=C1. The molecule has 0 fully saturated rings. The first-order chi connectivity index (χ1) is 19.8. The molecular weight excluding hydrogens is 533 g/mol. The van der Waals surface area contributed by atoms with Crippen molar-refractivity contribution in [1.29, 1.82) is 0 Å². The molecule has 0 radical (unpaired) electrons. The van der Waals surface area contributed by atoms with E-state index in [4.69, 9.17) is 0 Å². The molecule has 0 heterocycles. The van der Waals surface area contributed by atoms with Gasteiger partial charge in [-0.15, -0.1) is 11.5 Å². The molecule has 2 aliphatic rings. The van der Waals surface area contributed by atoms with Crippen molar-refractivity contribution < 1.29 is 9.59 Å². The van der Waals surface area contributed by atoms with Crippen LogP contribution >= 0.6 is 21.6 Å². The number of hydrogen-bond acceptors (Lipinski definition) is 4. The Morgan fingerprint density at radius 3 is 1.15 bits per heavy atom. The van der Waals surface area contributed by atoms with Gasteiger partial charge in [-0.2, -0.15) is 0 Å². The van der Waals surface area contributed by atoms with Crippen LogP contribution in [0.3, 0.4) is 0 Å². The van der Waals surface area contributed by atoms with Gasteiger partial charge in [0.1, 0.15) is 0 Å². The lowest BCUT2D eigenvalue weighted by Gasteiger charge is -2.05. The second-order valence-corrected chi connectivity index (χ2v) is 13.4. The summed E-state index contributed by atoms with van der Waals surface area (Å²) in [5.74, 6) is 2.60. The third-order valence-electron chi connectivity index (χ3n) is 7.15. The number of rotatable bonds is 27. The van der Waals surface area contributed by atoms with Gasteiger partial charge in [0.25, 0.3) is 11.8 Å². The Labute approximate surface area is 252 Å². The van der Waals surface area contributed by atoms with E-state index in [9.17, 15) is 9.59 Å². The third-order valence-corrected chi connectivity index (χ3v) is 9.73. The van der Waals surface area contributed by atoms with Crippen molar-refractivity contribution in [2.24, 2.45) is 0 Å². The average Bonchev–Trinajstić information content (AvgIpc) is 3.70. The molecule has 222 valence electrons. The summed E-state index contributed by atoms with van der Waals surface area (Å²) < 4.78 is 0. The molecule has 0 spiro atoms. The molecule has 0 aromatic heterocycles. The van der Waals surface area contributed by atoms with Gasteiger partial charge in [0, 0.05) is 24.6 Å². The maximum absolute atomic E-state index is 11.8. The summed E-state index contributed by atoms with van der Waals surface area (Å²) >= 11 is 0. The molecule has 2 rings (SSSR count). The van der Waals surface area contributed by atoms with Gasteiger partial charge in [0.15, 0.2) is 0 Å². The van der Waals surface area contributed by atoms with Crippen LogP contribution in [-0.4, -0.2) is 36.4 Å². The summed E-state index contributed by atoms with van der Waals surface area (Å²) in [6.07, 6.45) is 34.3. The first-order valence-electron chi connectivity index (χ1n) is 15.8. The van der Waals surface area contributed by atoms with Crippen LogP contribution in [-0.2, 0) is 9.59 Å². The predicted octanol–water partition coefficient (Wildman–Crippen LogP) is 8.92. The van der Waals surface area contributed by atoms with E-state index in [1.807, 2.05) is 12.2 Å². The van der Waals surface area contributed by atoms with Gasteiger partial charge in [-0.05, 0) is 50.0 Å². The van der Waals surface area contributed by atoms with E-state index in [1.54, 1.807) is 24.3 Å². The highest BCUT2D eigenvalue weighted by molar-refractivity contribution is 8.76. The normalized spacial score (nSPS) is 13.2. The zero-order chi connectivity index (χ0) is 28.4. The van der Waals surface area contributed by atoms with E-state index in [-0.39, 0.29) is 11.8 Å². The maximum atomic E-state index is 11.8. The minimum absolute atomic E-state index is 0.000581. The third kappa shape index (κ3) is 18.5. The van der Waals surface area contributed by atoms with E-state index in [0.29, 0.717) is 11.1 Å². The van der Waals surface area contributed by atoms with Gasteiger partial charge < -0.3 is 10.6 Å². The lowest BCUT2D eigenvalue weighted by atomic mass is 10.1. The number of carbonyl (C=O) groups excluding carboxylic acids is 2.